The van der Waals surface area contributed by atoms with Crippen LogP contribution in [-0.2, 0) is 22.6 Å². The lowest BCUT2D eigenvalue weighted by Crippen LogP contribution is -2.03. The average molecular weight is 285 g/mol. The molecule has 2 aromatic carbocycles. The number of anilines is 1. The summed E-state index contributed by atoms with van der Waals surface area (Å²) in [5, 5.41) is 3.45. The minimum Gasteiger partial charge on any atom is -0.382 e. The van der Waals surface area contributed by atoms with Crippen molar-refractivity contribution in [3.63, 3.8) is 0 Å². The van der Waals surface area contributed by atoms with Crippen molar-refractivity contribution in [1.82, 2.24) is 0 Å². The molecule has 0 amide bonds. The Hall–Kier alpha value is -1.84. The maximum atomic E-state index is 5.54. The molecule has 0 aromatic heterocycles. The van der Waals surface area contributed by atoms with Crippen LogP contribution in [0.2, 0.25) is 0 Å². The van der Waals surface area contributed by atoms with Crippen LogP contribution in [0, 0.1) is 6.92 Å². The van der Waals surface area contributed by atoms with E-state index < -0.39 is 0 Å². The molecule has 2 aromatic rings. The molecule has 0 unspecified atom stereocenters. The normalized spacial score (nSPS) is 10.6. The molecule has 0 fully saturated rings. The molecule has 0 aliphatic carbocycles. The third-order valence-corrected chi connectivity index (χ3v) is 3.21. The van der Waals surface area contributed by atoms with E-state index >= 15 is 0 Å². The second kappa shape index (κ2) is 8.45. The second-order valence-electron chi connectivity index (χ2n) is 5.09. The van der Waals surface area contributed by atoms with Crippen LogP contribution < -0.4 is 5.32 Å². The number of aryl methyl sites for hydroxylation is 1. The van der Waals surface area contributed by atoms with Gasteiger partial charge < -0.3 is 14.8 Å². The van der Waals surface area contributed by atoms with Crippen LogP contribution in [0.5, 0.6) is 0 Å². The fourth-order valence-corrected chi connectivity index (χ4v) is 2.13. The second-order valence-corrected chi connectivity index (χ2v) is 5.09. The monoisotopic (exact) mass is 285 g/mol. The Morgan fingerprint density at radius 2 is 1.76 bits per heavy atom. The standard InChI is InChI=1S/C18H23NO2/c1-15-5-3-6-16(11-15)13-19-18-8-4-7-17(12-18)14-21-10-9-20-2/h3-8,11-12,19H,9-10,13-14H2,1-2H3. The fourth-order valence-electron chi connectivity index (χ4n) is 2.13. The molecule has 0 saturated heterocycles. The molecule has 0 heterocycles. The Bertz CT molecular complexity index is 554. The van der Waals surface area contributed by atoms with Crippen LogP contribution >= 0.6 is 0 Å². The van der Waals surface area contributed by atoms with Crippen LogP contribution in [0.3, 0.4) is 0 Å². The van der Waals surface area contributed by atoms with Crippen LogP contribution in [0.25, 0.3) is 0 Å². The molecule has 0 aliphatic heterocycles. The van der Waals surface area contributed by atoms with Crippen molar-refractivity contribution in [2.45, 2.75) is 20.1 Å². The van der Waals surface area contributed by atoms with E-state index in [2.05, 4.69) is 54.7 Å². The van der Waals surface area contributed by atoms with Gasteiger partial charge in [-0.15, -0.1) is 0 Å². The number of hydrogen-bond acceptors (Lipinski definition) is 3. The summed E-state index contributed by atoms with van der Waals surface area (Å²) in [6.45, 7) is 4.81. The average Bonchev–Trinajstić information content (AvgIpc) is 2.50. The van der Waals surface area contributed by atoms with Crippen LogP contribution in [-0.4, -0.2) is 20.3 Å². The molecule has 0 atom stereocenters. The van der Waals surface area contributed by atoms with Crippen LogP contribution in [0.4, 0.5) is 5.69 Å². The molecule has 3 heteroatoms. The summed E-state index contributed by atoms with van der Waals surface area (Å²) >= 11 is 0. The van der Waals surface area contributed by atoms with Crippen molar-refractivity contribution in [2.24, 2.45) is 0 Å². The predicted octanol–water partition coefficient (Wildman–Crippen LogP) is 3.77. The van der Waals surface area contributed by atoms with Gasteiger partial charge >= 0.3 is 0 Å². The van der Waals surface area contributed by atoms with Gasteiger partial charge in [0.1, 0.15) is 0 Å². The summed E-state index contributed by atoms with van der Waals surface area (Å²) in [5.74, 6) is 0. The molecule has 0 bridgehead atoms. The van der Waals surface area contributed by atoms with Crippen molar-refractivity contribution < 1.29 is 9.47 Å². The van der Waals surface area contributed by atoms with Crippen molar-refractivity contribution in [2.75, 3.05) is 25.6 Å². The van der Waals surface area contributed by atoms with E-state index in [1.54, 1.807) is 7.11 Å². The molecule has 0 radical (unpaired) electrons. The first-order valence-electron chi connectivity index (χ1n) is 7.23. The Morgan fingerprint density at radius 3 is 2.57 bits per heavy atom. The number of nitrogens with one attached hydrogen (secondary N) is 1. The molecular weight excluding hydrogens is 262 g/mol. The van der Waals surface area contributed by atoms with E-state index in [0.717, 1.165) is 12.2 Å². The Balaban J connectivity index is 1.86. The fraction of sp³-hybridized carbons (Fsp3) is 0.333. The highest BCUT2D eigenvalue weighted by Gasteiger charge is 1.98. The summed E-state index contributed by atoms with van der Waals surface area (Å²) in [6, 6.07) is 16.9. The Morgan fingerprint density at radius 1 is 0.952 bits per heavy atom. The number of methoxy groups -OCH3 is 1. The van der Waals surface area contributed by atoms with E-state index in [-0.39, 0.29) is 0 Å². The van der Waals surface area contributed by atoms with Gasteiger partial charge in [-0.3, -0.25) is 0 Å². The molecule has 1 N–H and O–H groups in total. The largest absolute Gasteiger partial charge is 0.382 e. The maximum absolute atomic E-state index is 5.54. The van der Waals surface area contributed by atoms with Gasteiger partial charge in [-0.05, 0) is 30.2 Å². The first-order valence-corrected chi connectivity index (χ1v) is 7.23. The molecule has 112 valence electrons. The molecule has 0 saturated carbocycles. The minimum absolute atomic E-state index is 0.614. The topological polar surface area (TPSA) is 30.5 Å². The van der Waals surface area contributed by atoms with Gasteiger partial charge in [0.2, 0.25) is 0 Å². The summed E-state index contributed by atoms with van der Waals surface area (Å²) < 4.78 is 10.5. The number of hydrogen-bond donors (Lipinski definition) is 1. The van der Waals surface area contributed by atoms with E-state index in [4.69, 9.17) is 9.47 Å². The minimum atomic E-state index is 0.614. The molecular formula is C18H23NO2. The summed E-state index contributed by atoms with van der Waals surface area (Å²) in [6.07, 6.45) is 0. The van der Waals surface area contributed by atoms with Gasteiger partial charge in [0, 0.05) is 19.3 Å². The molecule has 21 heavy (non-hydrogen) atoms. The summed E-state index contributed by atoms with van der Waals surface area (Å²) in [4.78, 5) is 0. The van der Waals surface area contributed by atoms with Gasteiger partial charge in [0.05, 0.1) is 19.8 Å². The lowest BCUT2D eigenvalue weighted by Gasteiger charge is -2.09. The highest BCUT2D eigenvalue weighted by Crippen LogP contribution is 2.13. The van der Waals surface area contributed by atoms with Gasteiger partial charge in [0.15, 0.2) is 0 Å². The van der Waals surface area contributed by atoms with Crippen molar-refractivity contribution in [1.29, 1.82) is 0 Å². The zero-order valence-electron chi connectivity index (χ0n) is 12.8. The molecule has 3 nitrogen and oxygen atoms in total. The molecule has 0 spiro atoms. The van der Waals surface area contributed by atoms with E-state index in [1.807, 2.05) is 6.07 Å². The lowest BCUT2D eigenvalue weighted by molar-refractivity contribution is 0.0617. The summed E-state index contributed by atoms with van der Waals surface area (Å²) in [5.41, 5.74) is 4.86. The number of rotatable bonds is 8. The first-order chi connectivity index (χ1) is 10.3. The third-order valence-electron chi connectivity index (χ3n) is 3.21. The Labute approximate surface area is 126 Å². The zero-order valence-corrected chi connectivity index (χ0v) is 12.8. The lowest BCUT2D eigenvalue weighted by atomic mass is 10.1. The predicted molar refractivity (Wildman–Crippen MR) is 86.5 cm³/mol. The van der Waals surface area contributed by atoms with Crippen LogP contribution in [0.1, 0.15) is 16.7 Å². The highest BCUT2D eigenvalue weighted by atomic mass is 16.5. The van der Waals surface area contributed by atoms with Crippen molar-refractivity contribution >= 4 is 5.69 Å². The number of ether oxygens (including phenoxy) is 2. The zero-order chi connectivity index (χ0) is 14.9. The summed E-state index contributed by atoms with van der Waals surface area (Å²) in [7, 11) is 1.68. The molecule has 0 aliphatic rings. The van der Waals surface area contributed by atoms with Gasteiger partial charge in [0.25, 0.3) is 0 Å². The third kappa shape index (κ3) is 5.58. The Kier molecular flexibility index (Phi) is 6.25. The smallest absolute Gasteiger partial charge is 0.0718 e. The first kappa shape index (κ1) is 15.5. The quantitative estimate of drug-likeness (QED) is 0.749. The van der Waals surface area contributed by atoms with E-state index in [9.17, 15) is 0 Å². The number of benzene rings is 2. The molecule has 2 rings (SSSR count). The maximum Gasteiger partial charge on any atom is 0.0718 e. The SMILES string of the molecule is COCCOCc1cccc(NCc2cccc(C)c2)c1. The van der Waals surface area contributed by atoms with Gasteiger partial charge in [-0.2, -0.15) is 0 Å². The van der Waals surface area contributed by atoms with Crippen molar-refractivity contribution in [3.8, 4) is 0 Å². The van der Waals surface area contributed by atoms with Crippen molar-refractivity contribution in [3.05, 3.63) is 65.2 Å². The van der Waals surface area contributed by atoms with Gasteiger partial charge in [-0.1, -0.05) is 42.0 Å². The van der Waals surface area contributed by atoms with Crippen LogP contribution in [0.15, 0.2) is 48.5 Å². The highest BCUT2D eigenvalue weighted by molar-refractivity contribution is 5.46. The van der Waals surface area contributed by atoms with E-state index in [1.165, 1.54) is 16.7 Å². The van der Waals surface area contributed by atoms with E-state index in [0.29, 0.717) is 19.8 Å². The van der Waals surface area contributed by atoms with Gasteiger partial charge in [-0.25, -0.2) is 0 Å².